The smallest absolute Gasteiger partial charge is 0.137 e. The molecule has 11 rings (SSSR count). The Morgan fingerprint density at radius 2 is 0.878 bits per heavy atom. The van der Waals surface area contributed by atoms with Crippen molar-refractivity contribution in [3.8, 4) is 22.5 Å². The molecule has 0 saturated carbocycles. The van der Waals surface area contributed by atoms with Crippen molar-refractivity contribution in [2.75, 3.05) is 0 Å². The zero-order valence-electron chi connectivity index (χ0n) is 26.5. The molecule has 8 aromatic carbocycles. The van der Waals surface area contributed by atoms with Crippen LogP contribution < -0.4 is 0 Å². The molecule has 49 heavy (non-hydrogen) atoms. The van der Waals surface area contributed by atoms with Gasteiger partial charge in [0, 0.05) is 49.8 Å². The Morgan fingerprint density at radius 3 is 1.67 bits per heavy atom. The molecule has 3 nitrogen and oxygen atoms in total. The maximum absolute atomic E-state index is 6.30. The molecule has 0 spiro atoms. The molecule has 0 aliphatic rings. The quantitative estimate of drug-likeness (QED) is 0.192. The van der Waals surface area contributed by atoms with Crippen LogP contribution in [0.15, 0.2) is 174 Å². The largest absolute Gasteiger partial charge is 0.456 e. The molecule has 0 unspecified atom stereocenters. The molecule has 0 radical (unpaired) electrons. The summed E-state index contributed by atoms with van der Waals surface area (Å²) in [6, 6.07) is 61.4. The van der Waals surface area contributed by atoms with E-state index in [-0.39, 0.29) is 0 Å². The first-order chi connectivity index (χ1) is 24.3. The van der Waals surface area contributed by atoms with E-state index in [0.29, 0.717) is 0 Å². The molecule has 0 amide bonds. The van der Waals surface area contributed by atoms with E-state index in [1.165, 1.54) is 71.2 Å². The second-order valence-corrected chi connectivity index (χ2v) is 13.0. The highest BCUT2D eigenvalue weighted by Gasteiger charge is 2.17. The lowest BCUT2D eigenvalue weighted by Crippen LogP contribution is -1.93. The molecule has 11 aromatic rings. The summed E-state index contributed by atoms with van der Waals surface area (Å²) in [5.74, 6) is 0. The fourth-order valence-corrected chi connectivity index (χ4v) is 8.02. The molecule has 0 bridgehead atoms. The van der Waals surface area contributed by atoms with E-state index in [1.807, 2.05) is 12.1 Å². The van der Waals surface area contributed by atoms with Crippen molar-refractivity contribution in [1.82, 2.24) is 9.13 Å². The van der Waals surface area contributed by atoms with Gasteiger partial charge in [0.15, 0.2) is 0 Å². The van der Waals surface area contributed by atoms with Crippen molar-refractivity contribution < 1.29 is 4.42 Å². The van der Waals surface area contributed by atoms with Gasteiger partial charge in [0.05, 0.1) is 22.1 Å². The molecule has 0 aliphatic carbocycles. The number of furan rings is 1. The first-order valence-corrected chi connectivity index (χ1v) is 16.8. The van der Waals surface area contributed by atoms with Crippen LogP contribution in [0.2, 0.25) is 0 Å². The first-order valence-electron chi connectivity index (χ1n) is 16.8. The van der Waals surface area contributed by atoms with Gasteiger partial charge in [-0.25, -0.2) is 0 Å². The highest BCUT2D eigenvalue weighted by Crippen LogP contribution is 2.40. The summed E-state index contributed by atoms with van der Waals surface area (Å²) in [5.41, 5.74) is 11.3. The lowest BCUT2D eigenvalue weighted by molar-refractivity contribution is 0.668. The first kappa shape index (κ1) is 26.5. The van der Waals surface area contributed by atoms with Crippen molar-refractivity contribution >= 4 is 76.3 Å². The van der Waals surface area contributed by atoms with Gasteiger partial charge in [0.25, 0.3) is 0 Å². The highest BCUT2D eigenvalue weighted by molar-refractivity contribution is 6.15. The number of para-hydroxylation sites is 3. The van der Waals surface area contributed by atoms with Crippen LogP contribution in [0.5, 0.6) is 0 Å². The normalized spacial score (nSPS) is 12.1. The third-order valence-electron chi connectivity index (χ3n) is 10.3. The molecular weight excluding hydrogens is 597 g/mol. The monoisotopic (exact) mass is 624 g/mol. The van der Waals surface area contributed by atoms with Gasteiger partial charge in [0.2, 0.25) is 0 Å². The van der Waals surface area contributed by atoms with Gasteiger partial charge in [-0.3, -0.25) is 0 Å². The maximum Gasteiger partial charge on any atom is 0.137 e. The Kier molecular flexibility index (Phi) is 5.38. The maximum atomic E-state index is 6.30. The van der Waals surface area contributed by atoms with Crippen LogP contribution >= 0.6 is 0 Å². The summed E-state index contributed by atoms with van der Waals surface area (Å²) < 4.78 is 11.1. The van der Waals surface area contributed by atoms with Gasteiger partial charge < -0.3 is 13.6 Å². The van der Waals surface area contributed by atoms with E-state index in [4.69, 9.17) is 4.42 Å². The predicted molar refractivity (Wildman–Crippen MR) is 205 cm³/mol. The number of aromatic nitrogens is 2. The molecule has 0 atom stereocenters. The summed E-state index contributed by atoms with van der Waals surface area (Å²) in [6.45, 7) is 0. The fourth-order valence-electron chi connectivity index (χ4n) is 8.02. The van der Waals surface area contributed by atoms with Crippen LogP contribution in [-0.2, 0) is 0 Å². The fraction of sp³-hybridized carbons (Fsp3) is 0. The zero-order valence-corrected chi connectivity index (χ0v) is 26.5. The molecule has 0 saturated heterocycles. The van der Waals surface area contributed by atoms with Crippen LogP contribution in [0.4, 0.5) is 0 Å². The second kappa shape index (κ2) is 9.96. The Bertz CT molecular complexity index is 3100. The van der Waals surface area contributed by atoms with E-state index in [0.717, 1.165) is 27.6 Å². The van der Waals surface area contributed by atoms with Gasteiger partial charge in [-0.1, -0.05) is 91.0 Å². The lowest BCUT2D eigenvalue weighted by Gasteiger charge is -2.09. The van der Waals surface area contributed by atoms with Gasteiger partial charge in [-0.05, 0) is 94.7 Å². The van der Waals surface area contributed by atoms with Crippen molar-refractivity contribution in [2.45, 2.75) is 0 Å². The Balaban J connectivity index is 1.12. The van der Waals surface area contributed by atoms with Gasteiger partial charge in [-0.15, -0.1) is 0 Å². The van der Waals surface area contributed by atoms with Crippen molar-refractivity contribution in [2.24, 2.45) is 0 Å². The summed E-state index contributed by atoms with van der Waals surface area (Å²) in [6.07, 6.45) is 0. The SMILES string of the molecule is c1ccc(-n2c3ccc(-c4ccc5c(c4)c4ccccc4n5-c4ccc5c(c4)oc4ccccc45)cc3c3cc4ccccc4cc32)cc1. The third kappa shape index (κ3) is 3.84. The average molecular weight is 625 g/mol. The van der Waals surface area contributed by atoms with Gasteiger partial charge in [-0.2, -0.15) is 0 Å². The lowest BCUT2D eigenvalue weighted by atomic mass is 10.00. The number of hydrogen-bond acceptors (Lipinski definition) is 1. The van der Waals surface area contributed by atoms with Crippen LogP contribution in [-0.4, -0.2) is 9.13 Å². The Morgan fingerprint density at radius 1 is 0.306 bits per heavy atom. The van der Waals surface area contributed by atoms with Crippen molar-refractivity contribution in [1.29, 1.82) is 0 Å². The van der Waals surface area contributed by atoms with E-state index < -0.39 is 0 Å². The predicted octanol–water partition coefficient (Wildman–Crippen LogP) is 12.6. The highest BCUT2D eigenvalue weighted by atomic mass is 16.3. The number of fused-ring (bicyclic) bond motifs is 10. The second-order valence-electron chi connectivity index (χ2n) is 13.0. The molecule has 3 heteroatoms. The summed E-state index contributed by atoms with van der Waals surface area (Å²) in [5, 5.41) is 9.76. The van der Waals surface area contributed by atoms with Gasteiger partial charge in [0.1, 0.15) is 11.2 Å². The molecule has 3 heterocycles. The number of hydrogen-bond donors (Lipinski definition) is 0. The van der Waals surface area contributed by atoms with Crippen LogP contribution in [0, 0.1) is 0 Å². The number of benzene rings is 8. The molecule has 0 aliphatic heterocycles. The summed E-state index contributed by atoms with van der Waals surface area (Å²) >= 11 is 0. The van der Waals surface area contributed by atoms with Gasteiger partial charge >= 0.3 is 0 Å². The molecule has 0 fully saturated rings. The van der Waals surface area contributed by atoms with Crippen LogP contribution in [0.3, 0.4) is 0 Å². The van der Waals surface area contributed by atoms with E-state index >= 15 is 0 Å². The Labute approximate surface area is 281 Å². The summed E-state index contributed by atoms with van der Waals surface area (Å²) in [7, 11) is 0. The molecule has 228 valence electrons. The van der Waals surface area contributed by atoms with E-state index in [1.54, 1.807) is 0 Å². The van der Waals surface area contributed by atoms with E-state index in [2.05, 4.69) is 167 Å². The minimum Gasteiger partial charge on any atom is -0.456 e. The van der Waals surface area contributed by atoms with Crippen LogP contribution in [0.25, 0.3) is 98.8 Å². The number of nitrogens with zero attached hydrogens (tertiary/aromatic N) is 2. The van der Waals surface area contributed by atoms with Crippen molar-refractivity contribution in [3.63, 3.8) is 0 Å². The minimum absolute atomic E-state index is 0.900. The minimum atomic E-state index is 0.900. The third-order valence-corrected chi connectivity index (χ3v) is 10.3. The number of rotatable bonds is 3. The molecule has 0 N–H and O–H groups in total. The standard InChI is InChI=1S/C46H28N2O/c1-2-12-33(13-3-1)47-43-23-19-32(26-39(43)40-24-29-10-4-5-11-30(29)27-44(40)47)31-18-22-42-38(25-31)35-14-6-8-16-41(35)48(42)34-20-21-37-36-15-7-9-17-45(36)49-46(37)28-34/h1-28H. The summed E-state index contributed by atoms with van der Waals surface area (Å²) in [4.78, 5) is 0. The average Bonchev–Trinajstić information content (AvgIpc) is 3.80. The topological polar surface area (TPSA) is 23.0 Å². The van der Waals surface area contributed by atoms with E-state index in [9.17, 15) is 0 Å². The zero-order chi connectivity index (χ0) is 32.1. The molecule has 3 aromatic heterocycles. The van der Waals surface area contributed by atoms with Crippen molar-refractivity contribution in [3.05, 3.63) is 170 Å². The van der Waals surface area contributed by atoms with Crippen LogP contribution in [0.1, 0.15) is 0 Å². The Hall–Kier alpha value is -6.58. The molecular formula is C46H28N2O.